The van der Waals surface area contributed by atoms with E-state index in [1.807, 2.05) is 0 Å². The summed E-state index contributed by atoms with van der Waals surface area (Å²) in [6.07, 6.45) is 2.25. The number of benzene rings is 1. The van der Waals surface area contributed by atoms with E-state index in [2.05, 4.69) is 20.8 Å². The number of nitrogens with zero attached hydrogens (tertiary/aromatic N) is 2. The highest BCUT2D eigenvalue weighted by Gasteiger charge is 2.16. The highest BCUT2D eigenvalue weighted by atomic mass is 32.2. The Morgan fingerprint density at radius 1 is 1.26 bits per heavy atom. The van der Waals surface area contributed by atoms with Crippen LogP contribution in [0, 0.1) is 5.82 Å². The van der Waals surface area contributed by atoms with Gasteiger partial charge in [0, 0.05) is 13.2 Å². The number of ether oxygens (including phenoxy) is 1. The first-order chi connectivity index (χ1) is 13.1. The first-order valence-electron chi connectivity index (χ1n) is 8.47. The fourth-order valence-electron chi connectivity index (χ4n) is 2.48. The first-order valence-corrected chi connectivity index (χ1v) is 10.3. The molecule has 1 fully saturated rings. The predicted molar refractivity (Wildman–Crippen MR) is 101 cm³/mol. The van der Waals surface area contributed by atoms with E-state index in [9.17, 15) is 14.0 Å². The van der Waals surface area contributed by atoms with Crippen molar-refractivity contribution < 1.29 is 18.7 Å². The Kier molecular flexibility index (Phi) is 7.13. The molecule has 2 N–H and O–H groups in total. The number of thioether (sulfide) groups is 1. The molecule has 2 heterocycles. The number of carbonyl (C=O) groups is 2. The number of anilines is 1. The van der Waals surface area contributed by atoms with E-state index in [-0.39, 0.29) is 35.9 Å². The number of nitrogens with one attached hydrogen (secondary N) is 2. The molecule has 1 aliphatic heterocycles. The van der Waals surface area contributed by atoms with E-state index >= 15 is 0 Å². The molecule has 0 bridgehead atoms. The highest BCUT2D eigenvalue weighted by Crippen LogP contribution is 2.25. The van der Waals surface area contributed by atoms with Gasteiger partial charge in [-0.15, -0.1) is 10.2 Å². The monoisotopic (exact) mass is 410 g/mol. The summed E-state index contributed by atoms with van der Waals surface area (Å²) in [4.78, 5) is 23.9. The van der Waals surface area contributed by atoms with Crippen molar-refractivity contribution in [2.75, 3.05) is 24.2 Å². The van der Waals surface area contributed by atoms with Gasteiger partial charge in [-0.2, -0.15) is 0 Å². The molecule has 2 aromatic rings. The molecule has 0 radical (unpaired) electrons. The van der Waals surface area contributed by atoms with E-state index < -0.39 is 0 Å². The second-order valence-electron chi connectivity index (χ2n) is 5.95. The van der Waals surface area contributed by atoms with Crippen molar-refractivity contribution in [1.82, 2.24) is 15.5 Å². The molecule has 1 unspecified atom stereocenters. The summed E-state index contributed by atoms with van der Waals surface area (Å²) in [6.45, 7) is 1.29. The van der Waals surface area contributed by atoms with Gasteiger partial charge in [0.2, 0.25) is 16.9 Å². The van der Waals surface area contributed by atoms with Gasteiger partial charge < -0.3 is 15.4 Å². The van der Waals surface area contributed by atoms with Crippen LogP contribution >= 0.6 is 23.1 Å². The van der Waals surface area contributed by atoms with Crippen molar-refractivity contribution in [1.29, 1.82) is 0 Å². The molecule has 10 heteroatoms. The largest absolute Gasteiger partial charge is 0.376 e. The summed E-state index contributed by atoms with van der Waals surface area (Å²) < 4.78 is 18.9. The van der Waals surface area contributed by atoms with Crippen LogP contribution in [0.25, 0.3) is 0 Å². The molecule has 1 aromatic carbocycles. The van der Waals surface area contributed by atoms with E-state index in [4.69, 9.17) is 4.74 Å². The SMILES string of the molecule is O=C(CSc1nnc(NC(=O)Cc2ccc(F)cc2)s1)NCC1CCCO1. The molecule has 0 aliphatic carbocycles. The average Bonchev–Trinajstić information content (AvgIpc) is 3.32. The van der Waals surface area contributed by atoms with Crippen molar-refractivity contribution in [3.05, 3.63) is 35.6 Å². The Balaban J connectivity index is 1.39. The summed E-state index contributed by atoms with van der Waals surface area (Å²) >= 11 is 2.47. The third kappa shape index (κ3) is 6.56. The van der Waals surface area contributed by atoms with E-state index in [1.165, 1.54) is 35.2 Å². The van der Waals surface area contributed by atoms with Crippen LogP contribution in [-0.4, -0.2) is 47.0 Å². The number of carbonyl (C=O) groups excluding carboxylic acids is 2. The zero-order chi connectivity index (χ0) is 19.1. The van der Waals surface area contributed by atoms with Gasteiger partial charge in [-0.05, 0) is 30.5 Å². The molecule has 7 nitrogen and oxygen atoms in total. The van der Waals surface area contributed by atoms with Crippen LogP contribution in [0.2, 0.25) is 0 Å². The van der Waals surface area contributed by atoms with E-state index in [0.29, 0.717) is 21.6 Å². The topological polar surface area (TPSA) is 93.2 Å². The molecular weight excluding hydrogens is 391 g/mol. The molecule has 27 heavy (non-hydrogen) atoms. The average molecular weight is 410 g/mol. The molecule has 1 saturated heterocycles. The molecule has 0 saturated carbocycles. The van der Waals surface area contributed by atoms with Crippen molar-refractivity contribution >= 4 is 40.0 Å². The summed E-state index contributed by atoms with van der Waals surface area (Å²) in [6, 6.07) is 5.75. The molecule has 1 atom stereocenters. The van der Waals surface area contributed by atoms with Gasteiger partial charge in [-0.25, -0.2) is 4.39 Å². The lowest BCUT2D eigenvalue weighted by Gasteiger charge is -2.09. The Morgan fingerprint density at radius 2 is 2.07 bits per heavy atom. The number of rotatable bonds is 8. The van der Waals surface area contributed by atoms with Crippen LogP contribution in [0.3, 0.4) is 0 Å². The smallest absolute Gasteiger partial charge is 0.230 e. The molecule has 1 aromatic heterocycles. The van der Waals surface area contributed by atoms with Crippen LogP contribution < -0.4 is 10.6 Å². The van der Waals surface area contributed by atoms with E-state index in [0.717, 1.165) is 19.4 Å². The van der Waals surface area contributed by atoms with Gasteiger partial charge >= 0.3 is 0 Å². The highest BCUT2D eigenvalue weighted by molar-refractivity contribution is 8.01. The third-order valence-electron chi connectivity index (χ3n) is 3.81. The van der Waals surface area contributed by atoms with Crippen molar-refractivity contribution in [3.8, 4) is 0 Å². The minimum Gasteiger partial charge on any atom is -0.376 e. The minimum absolute atomic E-state index is 0.0902. The maximum Gasteiger partial charge on any atom is 0.230 e. The number of hydrogen-bond donors (Lipinski definition) is 2. The van der Waals surface area contributed by atoms with Gasteiger partial charge in [-0.1, -0.05) is 35.2 Å². The van der Waals surface area contributed by atoms with Gasteiger partial charge in [0.1, 0.15) is 5.82 Å². The lowest BCUT2D eigenvalue weighted by Crippen LogP contribution is -2.32. The molecule has 1 aliphatic rings. The number of halogens is 1. The minimum atomic E-state index is -0.343. The van der Waals surface area contributed by atoms with Gasteiger partial charge in [0.05, 0.1) is 18.3 Å². The fourth-order valence-corrected chi connectivity index (χ4v) is 4.08. The molecule has 2 amide bonds. The summed E-state index contributed by atoms with van der Waals surface area (Å²) in [5, 5.41) is 13.7. The van der Waals surface area contributed by atoms with Crippen molar-refractivity contribution in [2.24, 2.45) is 0 Å². The van der Waals surface area contributed by atoms with E-state index in [1.54, 1.807) is 12.1 Å². The first kappa shape index (κ1) is 19.7. The zero-order valence-corrected chi connectivity index (χ0v) is 16.1. The number of hydrogen-bond acceptors (Lipinski definition) is 7. The van der Waals surface area contributed by atoms with Crippen LogP contribution in [0.5, 0.6) is 0 Å². The Bertz CT molecular complexity index is 779. The van der Waals surface area contributed by atoms with Crippen LogP contribution in [-0.2, 0) is 20.7 Å². The van der Waals surface area contributed by atoms with Crippen molar-refractivity contribution in [2.45, 2.75) is 29.7 Å². The Labute approximate surface area is 164 Å². The molecule has 0 spiro atoms. The molecule has 144 valence electrons. The second kappa shape index (κ2) is 9.77. The zero-order valence-electron chi connectivity index (χ0n) is 14.4. The molecular formula is C17H19FN4O3S2. The number of amides is 2. The van der Waals surface area contributed by atoms with Crippen LogP contribution in [0.15, 0.2) is 28.6 Å². The fraction of sp³-hybridized carbons (Fsp3) is 0.412. The Hall–Kier alpha value is -2.04. The summed E-state index contributed by atoms with van der Waals surface area (Å²) in [7, 11) is 0. The van der Waals surface area contributed by atoms with Crippen molar-refractivity contribution in [3.63, 3.8) is 0 Å². The second-order valence-corrected chi connectivity index (χ2v) is 8.15. The molecule has 3 rings (SSSR count). The maximum absolute atomic E-state index is 12.9. The summed E-state index contributed by atoms with van der Waals surface area (Å²) in [5.41, 5.74) is 0.705. The predicted octanol–water partition coefficient (Wildman–Crippen LogP) is 2.25. The van der Waals surface area contributed by atoms with Gasteiger partial charge in [0.15, 0.2) is 4.34 Å². The van der Waals surface area contributed by atoms with Crippen LogP contribution in [0.4, 0.5) is 9.52 Å². The summed E-state index contributed by atoms with van der Waals surface area (Å²) in [5.74, 6) is -0.466. The standard InChI is InChI=1S/C17H19FN4O3S2/c18-12-5-3-11(4-6-12)8-14(23)20-16-21-22-17(27-16)26-10-15(24)19-9-13-2-1-7-25-13/h3-6,13H,1-2,7-10H2,(H,19,24)(H,20,21,23). The van der Waals surface area contributed by atoms with Gasteiger partial charge in [-0.3, -0.25) is 9.59 Å². The lowest BCUT2D eigenvalue weighted by molar-refractivity contribution is -0.119. The Morgan fingerprint density at radius 3 is 2.81 bits per heavy atom. The third-order valence-corrected chi connectivity index (χ3v) is 5.78. The normalized spacial score (nSPS) is 16.3. The quantitative estimate of drug-likeness (QED) is 0.512. The maximum atomic E-state index is 12.9. The van der Waals surface area contributed by atoms with Crippen LogP contribution in [0.1, 0.15) is 18.4 Å². The lowest BCUT2D eigenvalue weighted by atomic mass is 10.1. The van der Waals surface area contributed by atoms with Gasteiger partial charge in [0.25, 0.3) is 0 Å². The number of aromatic nitrogens is 2.